The second-order valence-corrected chi connectivity index (χ2v) is 5.01. The Morgan fingerprint density at radius 1 is 1.19 bits per heavy atom. The standard InChI is InChI=1S/C16H20ClNO3/c1-4-9-18-16(13-7-8-15(17)21-13)12-6-5-11(19-2)10-14(12)20-3/h5-8,10,16,18H,4,9H2,1-3H3. The molecule has 1 unspecified atom stereocenters. The molecule has 0 aliphatic rings. The van der Waals surface area contributed by atoms with Crippen molar-refractivity contribution in [1.82, 2.24) is 5.32 Å². The number of benzene rings is 1. The molecule has 1 heterocycles. The van der Waals surface area contributed by atoms with Gasteiger partial charge in [-0.15, -0.1) is 0 Å². The van der Waals surface area contributed by atoms with Crippen molar-refractivity contribution in [3.63, 3.8) is 0 Å². The summed E-state index contributed by atoms with van der Waals surface area (Å²) < 4.78 is 16.3. The third-order valence-electron chi connectivity index (χ3n) is 3.23. The lowest BCUT2D eigenvalue weighted by Gasteiger charge is -2.20. The lowest BCUT2D eigenvalue weighted by atomic mass is 10.0. The van der Waals surface area contributed by atoms with Crippen LogP contribution in [0.1, 0.15) is 30.7 Å². The molecule has 0 saturated heterocycles. The van der Waals surface area contributed by atoms with E-state index in [1.165, 1.54) is 0 Å². The quantitative estimate of drug-likeness (QED) is 0.838. The number of hydrogen-bond acceptors (Lipinski definition) is 4. The summed E-state index contributed by atoms with van der Waals surface area (Å²) >= 11 is 5.90. The molecule has 2 aromatic rings. The van der Waals surface area contributed by atoms with Crippen molar-refractivity contribution in [3.8, 4) is 11.5 Å². The van der Waals surface area contributed by atoms with E-state index in [4.69, 9.17) is 25.5 Å². The van der Waals surface area contributed by atoms with E-state index in [0.717, 1.165) is 35.8 Å². The Morgan fingerprint density at radius 2 is 2.00 bits per heavy atom. The Hall–Kier alpha value is -1.65. The number of nitrogens with one attached hydrogen (secondary N) is 1. The zero-order chi connectivity index (χ0) is 15.2. The number of ether oxygens (including phenoxy) is 2. The van der Waals surface area contributed by atoms with Gasteiger partial charge in [-0.05, 0) is 48.8 Å². The van der Waals surface area contributed by atoms with Gasteiger partial charge in [0, 0.05) is 11.6 Å². The van der Waals surface area contributed by atoms with Crippen LogP contribution < -0.4 is 14.8 Å². The van der Waals surface area contributed by atoms with Crippen LogP contribution in [0.5, 0.6) is 11.5 Å². The normalized spacial score (nSPS) is 12.2. The van der Waals surface area contributed by atoms with Crippen molar-refractivity contribution in [2.24, 2.45) is 0 Å². The van der Waals surface area contributed by atoms with Gasteiger partial charge in [0.15, 0.2) is 5.22 Å². The van der Waals surface area contributed by atoms with Gasteiger partial charge in [-0.25, -0.2) is 0 Å². The molecule has 0 bridgehead atoms. The second-order valence-electron chi connectivity index (χ2n) is 4.64. The van der Waals surface area contributed by atoms with Crippen LogP contribution in [0.2, 0.25) is 5.22 Å². The van der Waals surface area contributed by atoms with E-state index in [0.29, 0.717) is 5.22 Å². The van der Waals surface area contributed by atoms with E-state index in [9.17, 15) is 0 Å². The molecule has 4 nitrogen and oxygen atoms in total. The largest absolute Gasteiger partial charge is 0.497 e. The van der Waals surface area contributed by atoms with Crippen molar-refractivity contribution in [2.45, 2.75) is 19.4 Å². The predicted molar refractivity (Wildman–Crippen MR) is 83.4 cm³/mol. The Morgan fingerprint density at radius 3 is 2.57 bits per heavy atom. The highest BCUT2D eigenvalue weighted by atomic mass is 35.5. The first-order chi connectivity index (χ1) is 10.2. The topological polar surface area (TPSA) is 43.6 Å². The number of methoxy groups -OCH3 is 2. The summed E-state index contributed by atoms with van der Waals surface area (Å²) in [5, 5.41) is 3.83. The molecule has 1 aromatic carbocycles. The molecule has 114 valence electrons. The first-order valence-electron chi connectivity index (χ1n) is 6.90. The summed E-state index contributed by atoms with van der Waals surface area (Å²) in [6.45, 7) is 2.97. The van der Waals surface area contributed by atoms with Crippen LogP contribution in [0.4, 0.5) is 0 Å². The summed E-state index contributed by atoms with van der Waals surface area (Å²) in [6, 6.07) is 9.25. The lowest BCUT2D eigenvalue weighted by molar-refractivity contribution is 0.380. The van der Waals surface area contributed by atoms with Crippen molar-refractivity contribution in [3.05, 3.63) is 46.9 Å². The minimum absolute atomic E-state index is 0.113. The van der Waals surface area contributed by atoms with Crippen LogP contribution in [-0.2, 0) is 0 Å². The average Bonchev–Trinajstić information content (AvgIpc) is 2.94. The van der Waals surface area contributed by atoms with E-state index in [1.54, 1.807) is 20.3 Å². The van der Waals surface area contributed by atoms with Crippen LogP contribution in [0.15, 0.2) is 34.7 Å². The second kappa shape index (κ2) is 7.38. The molecule has 0 aliphatic heterocycles. The Labute approximate surface area is 130 Å². The molecule has 1 N–H and O–H groups in total. The van der Waals surface area contributed by atoms with Gasteiger partial charge in [0.1, 0.15) is 17.3 Å². The van der Waals surface area contributed by atoms with Crippen LogP contribution >= 0.6 is 11.6 Å². The average molecular weight is 310 g/mol. The maximum atomic E-state index is 5.90. The van der Waals surface area contributed by atoms with E-state index in [2.05, 4.69) is 12.2 Å². The number of halogens is 1. The van der Waals surface area contributed by atoms with E-state index < -0.39 is 0 Å². The van der Waals surface area contributed by atoms with Crippen LogP contribution in [0.25, 0.3) is 0 Å². The van der Waals surface area contributed by atoms with Gasteiger partial charge in [-0.1, -0.05) is 6.92 Å². The van der Waals surface area contributed by atoms with E-state index in [-0.39, 0.29) is 6.04 Å². The first-order valence-corrected chi connectivity index (χ1v) is 7.28. The summed E-state index contributed by atoms with van der Waals surface area (Å²) in [5.41, 5.74) is 0.984. The molecule has 1 aromatic heterocycles. The summed E-state index contributed by atoms with van der Waals surface area (Å²) in [4.78, 5) is 0. The minimum atomic E-state index is -0.113. The Kier molecular flexibility index (Phi) is 5.53. The van der Waals surface area contributed by atoms with Crippen molar-refractivity contribution < 1.29 is 13.9 Å². The zero-order valence-electron chi connectivity index (χ0n) is 12.5. The minimum Gasteiger partial charge on any atom is -0.497 e. The molecule has 0 saturated carbocycles. The highest BCUT2D eigenvalue weighted by Crippen LogP contribution is 2.34. The van der Waals surface area contributed by atoms with Gasteiger partial charge in [-0.2, -0.15) is 0 Å². The van der Waals surface area contributed by atoms with Gasteiger partial charge >= 0.3 is 0 Å². The fourth-order valence-electron chi connectivity index (χ4n) is 2.19. The summed E-state index contributed by atoms with van der Waals surface area (Å²) in [6.07, 6.45) is 1.02. The highest BCUT2D eigenvalue weighted by molar-refractivity contribution is 6.28. The van der Waals surface area contributed by atoms with Gasteiger partial charge < -0.3 is 19.2 Å². The molecule has 2 rings (SSSR count). The van der Waals surface area contributed by atoms with Crippen molar-refractivity contribution in [2.75, 3.05) is 20.8 Å². The zero-order valence-corrected chi connectivity index (χ0v) is 13.2. The summed E-state index contributed by atoms with van der Waals surface area (Å²) in [5.74, 6) is 2.26. The fraction of sp³-hybridized carbons (Fsp3) is 0.375. The van der Waals surface area contributed by atoms with Gasteiger partial charge in [0.2, 0.25) is 0 Å². The third kappa shape index (κ3) is 3.71. The Balaban J connectivity index is 2.40. The Bertz CT molecular complexity index is 583. The molecule has 1 atom stereocenters. The highest BCUT2D eigenvalue weighted by Gasteiger charge is 2.21. The van der Waals surface area contributed by atoms with E-state index in [1.807, 2.05) is 24.3 Å². The molecule has 0 amide bonds. The van der Waals surface area contributed by atoms with Crippen LogP contribution in [-0.4, -0.2) is 20.8 Å². The molecule has 0 spiro atoms. The molecule has 21 heavy (non-hydrogen) atoms. The fourth-order valence-corrected chi connectivity index (χ4v) is 2.34. The molecule has 5 heteroatoms. The molecule has 0 aliphatic carbocycles. The van der Waals surface area contributed by atoms with Crippen LogP contribution in [0.3, 0.4) is 0 Å². The number of furan rings is 1. The third-order valence-corrected chi connectivity index (χ3v) is 3.43. The maximum Gasteiger partial charge on any atom is 0.193 e. The monoisotopic (exact) mass is 309 g/mol. The molecule has 0 fully saturated rings. The lowest BCUT2D eigenvalue weighted by Crippen LogP contribution is -2.23. The SMILES string of the molecule is CCCNC(c1ccc(Cl)o1)c1ccc(OC)cc1OC. The molecule has 0 radical (unpaired) electrons. The smallest absolute Gasteiger partial charge is 0.193 e. The predicted octanol–water partition coefficient (Wildman–Crippen LogP) is 4.04. The summed E-state index contributed by atoms with van der Waals surface area (Å²) in [7, 11) is 3.28. The van der Waals surface area contributed by atoms with Crippen molar-refractivity contribution >= 4 is 11.6 Å². The van der Waals surface area contributed by atoms with E-state index >= 15 is 0 Å². The van der Waals surface area contributed by atoms with Gasteiger partial charge in [-0.3, -0.25) is 0 Å². The van der Waals surface area contributed by atoms with Crippen LogP contribution in [0, 0.1) is 0 Å². The number of hydrogen-bond donors (Lipinski definition) is 1. The molecular weight excluding hydrogens is 290 g/mol. The first kappa shape index (κ1) is 15.7. The van der Waals surface area contributed by atoms with Gasteiger partial charge in [0.25, 0.3) is 0 Å². The number of rotatable bonds is 7. The van der Waals surface area contributed by atoms with Gasteiger partial charge in [0.05, 0.1) is 20.3 Å². The maximum absolute atomic E-state index is 5.90. The van der Waals surface area contributed by atoms with Crippen molar-refractivity contribution in [1.29, 1.82) is 0 Å². The molecular formula is C16H20ClNO3.